The predicted octanol–water partition coefficient (Wildman–Crippen LogP) is 3.21. The van der Waals surface area contributed by atoms with E-state index < -0.39 is 9.85 Å². The molecule has 1 rings (SSSR count). The number of nitro groups is 2. The Bertz CT molecular complexity index is 499. The van der Waals surface area contributed by atoms with Crippen LogP contribution in [-0.2, 0) is 6.42 Å². The third-order valence-corrected chi connectivity index (χ3v) is 3.37. The summed E-state index contributed by atoms with van der Waals surface area (Å²) >= 11 is 0. The van der Waals surface area contributed by atoms with Crippen molar-refractivity contribution in [3.63, 3.8) is 0 Å². The van der Waals surface area contributed by atoms with Gasteiger partial charge >= 0.3 is 0 Å². The van der Waals surface area contributed by atoms with Gasteiger partial charge < -0.3 is 5.32 Å². The van der Waals surface area contributed by atoms with Gasteiger partial charge in [-0.1, -0.05) is 20.3 Å². The fourth-order valence-electron chi connectivity index (χ4n) is 2.36. The predicted molar refractivity (Wildman–Crippen MR) is 80.4 cm³/mol. The van der Waals surface area contributed by atoms with Crippen LogP contribution in [0.5, 0.6) is 0 Å². The molecule has 0 saturated heterocycles. The highest BCUT2D eigenvalue weighted by molar-refractivity contribution is 5.49. The lowest BCUT2D eigenvalue weighted by molar-refractivity contribution is -0.394. The Morgan fingerprint density at radius 2 is 1.86 bits per heavy atom. The Morgan fingerprint density at radius 1 is 1.14 bits per heavy atom. The minimum absolute atomic E-state index is 0.170. The molecule has 0 fully saturated rings. The van der Waals surface area contributed by atoms with Crippen LogP contribution in [0.1, 0.15) is 38.7 Å². The summed E-state index contributed by atoms with van der Waals surface area (Å²) in [6, 6.07) is 4.17. The normalized spacial score (nSPS) is 12.1. The van der Waals surface area contributed by atoms with E-state index >= 15 is 0 Å². The molecule has 0 amide bonds. The van der Waals surface area contributed by atoms with Crippen LogP contribution >= 0.6 is 0 Å². The van der Waals surface area contributed by atoms with Crippen molar-refractivity contribution in [1.82, 2.24) is 5.32 Å². The second-order valence-electron chi connectivity index (χ2n) is 4.91. The topological polar surface area (TPSA) is 98.3 Å². The van der Waals surface area contributed by atoms with Crippen LogP contribution in [0.15, 0.2) is 18.2 Å². The molecular formula is C14H21N3O4. The van der Waals surface area contributed by atoms with E-state index in [1.54, 1.807) is 0 Å². The first-order valence-electron chi connectivity index (χ1n) is 7.14. The summed E-state index contributed by atoms with van der Waals surface area (Å²) in [7, 11) is 0. The highest BCUT2D eigenvalue weighted by Crippen LogP contribution is 2.26. The van der Waals surface area contributed by atoms with Crippen LogP contribution in [0.3, 0.4) is 0 Å². The van der Waals surface area contributed by atoms with Gasteiger partial charge in [0, 0.05) is 17.7 Å². The van der Waals surface area contributed by atoms with Gasteiger partial charge in [-0.05, 0) is 31.9 Å². The van der Waals surface area contributed by atoms with Gasteiger partial charge in [-0.3, -0.25) is 20.2 Å². The first-order chi connectivity index (χ1) is 9.99. The third kappa shape index (κ3) is 5.11. The van der Waals surface area contributed by atoms with Crippen molar-refractivity contribution in [3.05, 3.63) is 44.0 Å². The molecule has 7 heteroatoms. The molecule has 0 aromatic heterocycles. The van der Waals surface area contributed by atoms with Crippen molar-refractivity contribution >= 4 is 11.4 Å². The molecule has 0 aliphatic heterocycles. The van der Waals surface area contributed by atoms with Crippen LogP contribution in [0, 0.1) is 20.2 Å². The molecule has 21 heavy (non-hydrogen) atoms. The minimum atomic E-state index is -0.616. The quantitative estimate of drug-likeness (QED) is 0.557. The average Bonchev–Trinajstić information content (AvgIpc) is 2.44. The Kier molecular flexibility index (Phi) is 6.74. The second kappa shape index (κ2) is 8.31. The maximum Gasteiger partial charge on any atom is 0.279 e. The highest BCUT2D eigenvalue weighted by Gasteiger charge is 2.19. The van der Waals surface area contributed by atoms with E-state index in [-0.39, 0.29) is 11.4 Å². The van der Waals surface area contributed by atoms with Crippen LogP contribution in [0.2, 0.25) is 0 Å². The van der Waals surface area contributed by atoms with Gasteiger partial charge in [0.25, 0.3) is 11.4 Å². The standard InChI is InChI=1S/C14H21N3O4/c1-3-5-12(15-4-2)8-6-11-7-9-13(16(18)19)10-14(11)17(20)21/h7,9-10,12,15H,3-6,8H2,1-2H3. The minimum Gasteiger partial charge on any atom is -0.314 e. The van der Waals surface area contributed by atoms with Crippen LogP contribution < -0.4 is 5.32 Å². The molecule has 1 aromatic carbocycles. The Morgan fingerprint density at radius 3 is 2.38 bits per heavy atom. The zero-order valence-electron chi connectivity index (χ0n) is 12.4. The average molecular weight is 295 g/mol. The monoisotopic (exact) mass is 295 g/mol. The molecule has 0 aliphatic rings. The van der Waals surface area contributed by atoms with Gasteiger partial charge in [0.2, 0.25) is 0 Å². The Hall–Kier alpha value is -2.02. The van der Waals surface area contributed by atoms with E-state index in [1.165, 1.54) is 12.1 Å². The molecule has 0 radical (unpaired) electrons. The Labute approximate surface area is 123 Å². The van der Waals surface area contributed by atoms with E-state index in [4.69, 9.17) is 0 Å². The lowest BCUT2D eigenvalue weighted by Gasteiger charge is -2.16. The molecule has 0 aliphatic carbocycles. The molecule has 1 atom stereocenters. The number of rotatable bonds is 9. The molecule has 0 heterocycles. The number of hydrogen-bond donors (Lipinski definition) is 1. The smallest absolute Gasteiger partial charge is 0.279 e. The van der Waals surface area contributed by atoms with Gasteiger partial charge in [0.05, 0.1) is 15.9 Å². The second-order valence-corrected chi connectivity index (χ2v) is 4.91. The molecule has 7 nitrogen and oxygen atoms in total. The summed E-state index contributed by atoms with van der Waals surface area (Å²) in [5.41, 5.74) is 0.128. The maximum absolute atomic E-state index is 11.1. The number of non-ortho nitro benzene ring substituents is 1. The number of nitrogens with one attached hydrogen (secondary N) is 1. The molecule has 0 spiro atoms. The first kappa shape index (κ1) is 17.0. The number of hydrogen-bond acceptors (Lipinski definition) is 5. The largest absolute Gasteiger partial charge is 0.314 e. The van der Waals surface area contributed by atoms with Gasteiger partial charge in [-0.25, -0.2) is 0 Å². The van der Waals surface area contributed by atoms with E-state index in [0.29, 0.717) is 18.0 Å². The van der Waals surface area contributed by atoms with Crippen molar-refractivity contribution in [3.8, 4) is 0 Å². The zero-order chi connectivity index (χ0) is 15.8. The highest BCUT2D eigenvalue weighted by atomic mass is 16.6. The van der Waals surface area contributed by atoms with Crippen molar-refractivity contribution in [2.24, 2.45) is 0 Å². The number of aryl methyl sites for hydroxylation is 1. The van der Waals surface area contributed by atoms with Gasteiger partial charge in [0.1, 0.15) is 0 Å². The maximum atomic E-state index is 11.1. The van der Waals surface area contributed by atoms with Crippen LogP contribution in [-0.4, -0.2) is 22.4 Å². The Balaban J connectivity index is 2.86. The summed E-state index contributed by atoms with van der Waals surface area (Å²) in [6.07, 6.45) is 3.36. The fraction of sp³-hybridized carbons (Fsp3) is 0.571. The lowest BCUT2D eigenvalue weighted by Crippen LogP contribution is -2.29. The summed E-state index contributed by atoms with van der Waals surface area (Å²) < 4.78 is 0. The first-order valence-corrected chi connectivity index (χ1v) is 7.14. The van der Waals surface area contributed by atoms with E-state index in [0.717, 1.165) is 31.9 Å². The number of nitro benzene ring substituents is 2. The lowest BCUT2D eigenvalue weighted by atomic mass is 10.0. The summed E-state index contributed by atoms with van der Waals surface area (Å²) in [5.74, 6) is 0. The summed E-state index contributed by atoms with van der Waals surface area (Å²) in [5, 5.41) is 25.1. The molecule has 1 unspecified atom stereocenters. The molecule has 0 saturated carbocycles. The van der Waals surface area contributed by atoms with Crippen LogP contribution in [0.4, 0.5) is 11.4 Å². The van der Waals surface area contributed by atoms with Crippen molar-refractivity contribution in [2.75, 3.05) is 6.54 Å². The SMILES string of the molecule is CCCC(CCc1ccc([N+](=O)[O-])cc1[N+](=O)[O-])NCC. The molecule has 116 valence electrons. The van der Waals surface area contributed by atoms with Gasteiger partial charge in [-0.15, -0.1) is 0 Å². The summed E-state index contributed by atoms with van der Waals surface area (Å²) in [4.78, 5) is 20.6. The van der Waals surface area contributed by atoms with E-state index in [2.05, 4.69) is 12.2 Å². The summed E-state index contributed by atoms with van der Waals surface area (Å²) in [6.45, 7) is 4.97. The van der Waals surface area contributed by atoms with Gasteiger partial charge in [0.15, 0.2) is 0 Å². The zero-order valence-corrected chi connectivity index (χ0v) is 12.4. The van der Waals surface area contributed by atoms with Gasteiger partial charge in [-0.2, -0.15) is 0 Å². The molecule has 1 N–H and O–H groups in total. The van der Waals surface area contributed by atoms with E-state index in [9.17, 15) is 20.2 Å². The molecule has 1 aromatic rings. The van der Waals surface area contributed by atoms with Crippen molar-refractivity contribution in [1.29, 1.82) is 0 Å². The molecule has 0 bridgehead atoms. The fourth-order valence-corrected chi connectivity index (χ4v) is 2.36. The molecular weight excluding hydrogens is 274 g/mol. The number of benzene rings is 1. The van der Waals surface area contributed by atoms with E-state index in [1.807, 2.05) is 6.92 Å². The number of nitrogens with zero attached hydrogens (tertiary/aromatic N) is 2. The van der Waals surface area contributed by atoms with Crippen LogP contribution in [0.25, 0.3) is 0 Å². The third-order valence-electron chi connectivity index (χ3n) is 3.37. The van der Waals surface area contributed by atoms with Crippen molar-refractivity contribution < 1.29 is 9.85 Å². The van der Waals surface area contributed by atoms with Crippen molar-refractivity contribution in [2.45, 2.75) is 45.6 Å².